The highest BCUT2D eigenvalue weighted by Gasteiger charge is 2.50. The third kappa shape index (κ3) is 4.82. The van der Waals surface area contributed by atoms with Crippen LogP contribution >= 0.6 is 0 Å². The van der Waals surface area contributed by atoms with Crippen molar-refractivity contribution in [3.63, 3.8) is 0 Å². The zero-order valence-corrected chi connectivity index (χ0v) is 14.5. The summed E-state index contributed by atoms with van der Waals surface area (Å²) in [6.45, 7) is 10.9. The van der Waals surface area contributed by atoms with E-state index in [1.807, 2.05) is 0 Å². The number of aliphatic hydroxyl groups is 1. The van der Waals surface area contributed by atoms with Crippen molar-refractivity contribution in [1.29, 1.82) is 0 Å². The SMILES string of the molecule is C=C(C)[C@@H]1C/C=C(\CO)CC[C@H]2O[C@]2(C)CC/C=C(/C)CC1. The molecule has 0 spiro atoms. The largest absolute Gasteiger partial charge is 0.392 e. The van der Waals surface area contributed by atoms with Crippen LogP contribution < -0.4 is 0 Å². The predicted octanol–water partition coefficient (Wildman–Crippen LogP) is 4.95. The van der Waals surface area contributed by atoms with Crippen LogP contribution in [0, 0.1) is 5.92 Å². The van der Waals surface area contributed by atoms with Crippen LogP contribution in [0.15, 0.2) is 35.5 Å². The molecule has 1 fully saturated rings. The van der Waals surface area contributed by atoms with Gasteiger partial charge in [-0.05, 0) is 77.2 Å². The van der Waals surface area contributed by atoms with Gasteiger partial charge in [-0.15, -0.1) is 0 Å². The number of fused-ring (bicyclic) bond motifs is 1. The Hall–Kier alpha value is -0.860. The Balaban J connectivity index is 2.07. The molecule has 0 aromatic rings. The maximum absolute atomic E-state index is 9.59. The van der Waals surface area contributed by atoms with E-state index < -0.39 is 0 Å². The molecule has 1 saturated heterocycles. The molecular formula is C20H32O2. The van der Waals surface area contributed by atoms with E-state index in [1.54, 1.807) is 0 Å². The van der Waals surface area contributed by atoms with Gasteiger partial charge < -0.3 is 9.84 Å². The molecule has 0 aromatic carbocycles. The standard InChI is InChI=1S/C20H32O2/c1-15(2)18-10-7-16(3)6-5-13-20(4)19(22-20)12-9-17(14-21)8-11-18/h6,8,18-19,21H,1,5,7,9-14H2,2-4H3/b16-6-,17-8-/t18-,19+,20+/m0/s1. The second-order valence-corrected chi connectivity index (χ2v) is 7.39. The van der Waals surface area contributed by atoms with Gasteiger partial charge in [0.1, 0.15) is 0 Å². The Morgan fingerprint density at radius 3 is 2.82 bits per heavy atom. The van der Waals surface area contributed by atoms with Crippen molar-refractivity contribution in [1.82, 2.24) is 0 Å². The van der Waals surface area contributed by atoms with E-state index in [2.05, 4.69) is 39.5 Å². The number of epoxide rings is 1. The van der Waals surface area contributed by atoms with Crippen molar-refractivity contribution in [2.75, 3.05) is 6.61 Å². The molecule has 0 unspecified atom stereocenters. The fourth-order valence-electron chi connectivity index (χ4n) is 3.42. The number of rotatable bonds is 2. The second kappa shape index (κ2) is 7.61. The van der Waals surface area contributed by atoms with E-state index in [4.69, 9.17) is 4.74 Å². The van der Waals surface area contributed by atoms with Crippen molar-refractivity contribution in [3.05, 3.63) is 35.5 Å². The highest BCUT2D eigenvalue weighted by molar-refractivity contribution is 5.11. The van der Waals surface area contributed by atoms with Gasteiger partial charge in [0.25, 0.3) is 0 Å². The zero-order chi connectivity index (χ0) is 16.2. The Labute approximate surface area is 136 Å². The van der Waals surface area contributed by atoms with E-state index >= 15 is 0 Å². The fourth-order valence-corrected chi connectivity index (χ4v) is 3.42. The summed E-state index contributed by atoms with van der Waals surface area (Å²) < 4.78 is 5.92. The summed E-state index contributed by atoms with van der Waals surface area (Å²) in [4.78, 5) is 0. The summed E-state index contributed by atoms with van der Waals surface area (Å²) >= 11 is 0. The minimum atomic E-state index is 0.0711. The van der Waals surface area contributed by atoms with Gasteiger partial charge in [-0.1, -0.05) is 29.9 Å². The minimum absolute atomic E-state index is 0.0711. The lowest BCUT2D eigenvalue weighted by Gasteiger charge is -2.17. The number of allylic oxidation sites excluding steroid dienone is 4. The van der Waals surface area contributed by atoms with E-state index in [9.17, 15) is 5.11 Å². The Bertz CT molecular complexity index is 460. The van der Waals surface area contributed by atoms with Crippen LogP contribution in [0.3, 0.4) is 0 Å². The van der Waals surface area contributed by atoms with E-state index in [-0.39, 0.29) is 12.2 Å². The Kier molecular flexibility index (Phi) is 6.05. The summed E-state index contributed by atoms with van der Waals surface area (Å²) in [7, 11) is 0. The third-order valence-corrected chi connectivity index (χ3v) is 5.37. The average Bonchev–Trinajstić information content (AvgIpc) is 3.11. The van der Waals surface area contributed by atoms with Crippen molar-refractivity contribution in [2.45, 2.75) is 77.4 Å². The zero-order valence-electron chi connectivity index (χ0n) is 14.5. The first-order chi connectivity index (χ1) is 10.4. The number of hydrogen-bond donors (Lipinski definition) is 1. The van der Waals surface area contributed by atoms with Gasteiger partial charge in [0.2, 0.25) is 0 Å². The summed E-state index contributed by atoms with van der Waals surface area (Å²) in [5.41, 5.74) is 3.97. The van der Waals surface area contributed by atoms with Crippen LogP contribution in [0.2, 0.25) is 0 Å². The highest BCUT2D eigenvalue weighted by atomic mass is 16.6. The molecule has 1 heterocycles. The third-order valence-electron chi connectivity index (χ3n) is 5.37. The van der Waals surface area contributed by atoms with Gasteiger partial charge in [0.15, 0.2) is 0 Å². The van der Waals surface area contributed by atoms with Crippen LogP contribution in [0.4, 0.5) is 0 Å². The van der Waals surface area contributed by atoms with Crippen LogP contribution in [0.5, 0.6) is 0 Å². The van der Waals surface area contributed by atoms with Gasteiger partial charge in [-0.2, -0.15) is 0 Å². The van der Waals surface area contributed by atoms with Crippen molar-refractivity contribution in [2.24, 2.45) is 5.92 Å². The monoisotopic (exact) mass is 304 g/mol. The van der Waals surface area contributed by atoms with Crippen molar-refractivity contribution < 1.29 is 9.84 Å². The molecule has 124 valence electrons. The van der Waals surface area contributed by atoms with Crippen molar-refractivity contribution in [3.8, 4) is 0 Å². The lowest BCUT2D eigenvalue weighted by atomic mass is 9.89. The van der Waals surface area contributed by atoms with Gasteiger partial charge >= 0.3 is 0 Å². The van der Waals surface area contributed by atoms with Crippen LogP contribution in [0.25, 0.3) is 0 Å². The maximum atomic E-state index is 9.59. The molecule has 22 heavy (non-hydrogen) atoms. The molecule has 2 nitrogen and oxygen atoms in total. The van der Waals surface area contributed by atoms with E-state index in [0.717, 1.165) is 50.5 Å². The Morgan fingerprint density at radius 1 is 1.36 bits per heavy atom. The number of hydrogen-bond acceptors (Lipinski definition) is 2. The molecule has 3 atom stereocenters. The van der Waals surface area contributed by atoms with Gasteiger partial charge in [0, 0.05) is 0 Å². The first-order valence-electron chi connectivity index (χ1n) is 8.72. The molecule has 1 aliphatic heterocycles. The lowest BCUT2D eigenvalue weighted by molar-refractivity contribution is 0.293. The molecule has 2 rings (SSSR count). The first kappa shape index (κ1) is 17.5. The number of ether oxygens (including phenoxy) is 1. The molecule has 0 bridgehead atoms. The molecule has 1 aliphatic carbocycles. The van der Waals surface area contributed by atoms with Gasteiger partial charge in [-0.3, -0.25) is 0 Å². The van der Waals surface area contributed by atoms with E-state index in [0.29, 0.717) is 12.0 Å². The molecule has 0 radical (unpaired) electrons. The maximum Gasteiger partial charge on any atom is 0.0923 e. The molecule has 0 saturated carbocycles. The minimum Gasteiger partial charge on any atom is -0.392 e. The average molecular weight is 304 g/mol. The topological polar surface area (TPSA) is 32.8 Å². The summed E-state index contributed by atoms with van der Waals surface area (Å²) in [5.74, 6) is 0.523. The van der Waals surface area contributed by atoms with Crippen LogP contribution in [-0.4, -0.2) is 23.4 Å². The lowest BCUT2D eigenvalue weighted by Crippen LogP contribution is -2.10. The molecule has 2 aliphatic rings. The smallest absolute Gasteiger partial charge is 0.0923 e. The first-order valence-corrected chi connectivity index (χ1v) is 8.72. The van der Waals surface area contributed by atoms with Crippen molar-refractivity contribution >= 4 is 0 Å². The highest BCUT2D eigenvalue weighted by Crippen LogP contribution is 2.43. The molecular weight excluding hydrogens is 272 g/mol. The quantitative estimate of drug-likeness (QED) is 0.578. The van der Waals surface area contributed by atoms with Gasteiger partial charge in [0.05, 0.1) is 18.3 Å². The van der Waals surface area contributed by atoms with Gasteiger partial charge in [-0.25, -0.2) is 0 Å². The van der Waals surface area contributed by atoms with Crippen LogP contribution in [-0.2, 0) is 4.74 Å². The molecule has 2 heteroatoms. The second-order valence-electron chi connectivity index (χ2n) is 7.39. The van der Waals surface area contributed by atoms with Crippen LogP contribution in [0.1, 0.15) is 65.7 Å². The van der Waals surface area contributed by atoms with E-state index in [1.165, 1.54) is 11.1 Å². The summed E-state index contributed by atoms with van der Waals surface area (Å²) in [5, 5.41) is 9.59. The predicted molar refractivity (Wildman–Crippen MR) is 92.8 cm³/mol. The molecule has 1 N–H and O–H groups in total. The fraction of sp³-hybridized carbons (Fsp3) is 0.700. The summed E-state index contributed by atoms with van der Waals surface area (Å²) in [6.07, 6.45) is 12.5. The number of aliphatic hydroxyl groups excluding tert-OH is 1. The normalized spacial score (nSPS) is 38.7. The Morgan fingerprint density at radius 2 is 2.14 bits per heavy atom. The summed E-state index contributed by atoms with van der Waals surface area (Å²) in [6, 6.07) is 0. The molecule has 0 aromatic heterocycles. The molecule has 0 amide bonds.